The Kier molecular flexibility index (Phi) is 5.35. The SMILES string of the molecule is CCOC(=O)CCNc1cccnc1C(N)=S. The molecule has 0 amide bonds. The minimum atomic E-state index is -0.235. The molecule has 3 N–H and O–H groups in total. The number of hydrogen-bond acceptors (Lipinski definition) is 5. The topological polar surface area (TPSA) is 77.2 Å². The molecule has 0 aliphatic heterocycles. The summed E-state index contributed by atoms with van der Waals surface area (Å²) in [5.74, 6) is -0.235. The van der Waals surface area contributed by atoms with Crippen LogP contribution in [-0.2, 0) is 9.53 Å². The van der Waals surface area contributed by atoms with Gasteiger partial charge in [0.2, 0.25) is 0 Å². The van der Waals surface area contributed by atoms with Crippen molar-refractivity contribution in [3.8, 4) is 0 Å². The highest BCUT2D eigenvalue weighted by Crippen LogP contribution is 2.11. The molecule has 1 aromatic heterocycles. The summed E-state index contributed by atoms with van der Waals surface area (Å²) in [6.45, 7) is 2.63. The molecule has 0 aliphatic carbocycles. The van der Waals surface area contributed by atoms with Crippen LogP contribution in [0.3, 0.4) is 0 Å². The van der Waals surface area contributed by atoms with Crippen LogP contribution in [0.4, 0.5) is 5.69 Å². The lowest BCUT2D eigenvalue weighted by molar-refractivity contribution is -0.142. The van der Waals surface area contributed by atoms with Crippen molar-refractivity contribution in [1.29, 1.82) is 0 Å². The van der Waals surface area contributed by atoms with Gasteiger partial charge in [-0.1, -0.05) is 12.2 Å². The number of hydrogen-bond donors (Lipinski definition) is 2. The second kappa shape index (κ2) is 6.80. The number of anilines is 1. The summed E-state index contributed by atoms with van der Waals surface area (Å²) in [5.41, 5.74) is 6.79. The molecule has 1 heterocycles. The molecule has 0 bridgehead atoms. The molecule has 17 heavy (non-hydrogen) atoms. The molecule has 0 aromatic carbocycles. The lowest BCUT2D eigenvalue weighted by Crippen LogP contribution is -2.17. The van der Waals surface area contributed by atoms with Crippen molar-refractivity contribution in [3.63, 3.8) is 0 Å². The molecular formula is C11H15N3O2S. The van der Waals surface area contributed by atoms with Crippen molar-refractivity contribution in [2.75, 3.05) is 18.5 Å². The maximum Gasteiger partial charge on any atom is 0.307 e. The van der Waals surface area contributed by atoms with E-state index < -0.39 is 0 Å². The maximum absolute atomic E-state index is 11.1. The summed E-state index contributed by atoms with van der Waals surface area (Å²) in [7, 11) is 0. The number of thiocarbonyl (C=S) groups is 1. The molecule has 0 fully saturated rings. The molecular weight excluding hydrogens is 238 g/mol. The van der Waals surface area contributed by atoms with Crippen molar-refractivity contribution >= 4 is 28.9 Å². The van der Waals surface area contributed by atoms with E-state index in [0.717, 1.165) is 5.69 Å². The lowest BCUT2D eigenvalue weighted by atomic mass is 10.3. The van der Waals surface area contributed by atoms with Crippen molar-refractivity contribution in [2.45, 2.75) is 13.3 Å². The van der Waals surface area contributed by atoms with Crippen molar-refractivity contribution < 1.29 is 9.53 Å². The van der Waals surface area contributed by atoms with E-state index in [9.17, 15) is 4.79 Å². The fourth-order valence-electron chi connectivity index (χ4n) is 1.28. The van der Waals surface area contributed by atoms with Crippen molar-refractivity contribution in [3.05, 3.63) is 24.0 Å². The van der Waals surface area contributed by atoms with Gasteiger partial charge < -0.3 is 15.8 Å². The largest absolute Gasteiger partial charge is 0.466 e. The third-order valence-electron chi connectivity index (χ3n) is 1.99. The molecule has 0 saturated carbocycles. The molecule has 6 heteroatoms. The quantitative estimate of drug-likeness (QED) is 0.583. The van der Waals surface area contributed by atoms with Crippen LogP contribution in [0.15, 0.2) is 18.3 Å². The number of nitrogens with two attached hydrogens (primary N) is 1. The Hall–Kier alpha value is -1.69. The number of carbonyl (C=O) groups is 1. The van der Waals surface area contributed by atoms with Gasteiger partial charge in [-0.3, -0.25) is 9.78 Å². The van der Waals surface area contributed by atoms with E-state index in [0.29, 0.717) is 25.3 Å². The monoisotopic (exact) mass is 253 g/mol. The lowest BCUT2D eigenvalue weighted by Gasteiger charge is -2.09. The van der Waals surface area contributed by atoms with Gasteiger partial charge in [0.1, 0.15) is 10.7 Å². The second-order valence-electron chi connectivity index (χ2n) is 3.25. The van der Waals surface area contributed by atoms with Gasteiger partial charge in [0.05, 0.1) is 18.7 Å². The minimum Gasteiger partial charge on any atom is -0.466 e. The van der Waals surface area contributed by atoms with Gasteiger partial charge in [0, 0.05) is 12.7 Å². The van der Waals surface area contributed by atoms with E-state index in [1.165, 1.54) is 0 Å². The number of nitrogens with zero attached hydrogens (tertiary/aromatic N) is 1. The minimum absolute atomic E-state index is 0.226. The fraction of sp³-hybridized carbons (Fsp3) is 0.364. The van der Waals surface area contributed by atoms with Crippen molar-refractivity contribution in [1.82, 2.24) is 4.98 Å². The Morgan fingerprint density at radius 2 is 2.41 bits per heavy atom. The summed E-state index contributed by atoms with van der Waals surface area (Å²) in [6, 6.07) is 3.58. The van der Waals surface area contributed by atoms with Gasteiger partial charge in [-0.15, -0.1) is 0 Å². The Morgan fingerprint density at radius 1 is 1.65 bits per heavy atom. The first kappa shape index (κ1) is 13.4. The fourth-order valence-corrected chi connectivity index (χ4v) is 1.44. The van der Waals surface area contributed by atoms with E-state index in [4.69, 9.17) is 22.7 Å². The molecule has 0 aliphatic rings. The smallest absolute Gasteiger partial charge is 0.307 e. The van der Waals surface area contributed by atoms with Crippen LogP contribution in [0.1, 0.15) is 19.0 Å². The van der Waals surface area contributed by atoms with Gasteiger partial charge in [0.15, 0.2) is 0 Å². The molecule has 5 nitrogen and oxygen atoms in total. The predicted octanol–water partition coefficient (Wildman–Crippen LogP) is 1.08. The normalized spacial score (nSPS) is 9.71. The number of esters is 1. The number of pyridine rings is 1. The highest BCUT2D eigenvalue weighted by molar-refractivity contribution is 7.80. The third kappa shape index (κ3) is 4.36. The maximum atomic E-state index is 11.1. The zero-order valence-corrected chi connectivity index (χ0v) is 10.4. The Labute approximate surface area is 105 Å². The van der Waals surface area contributed by atoms with Crippen molar-refractivity contribution in [2.24, 2.45) is 5.73 Å². The predicted molar refractivity (Wildman–Crippen MR) is 69.9 cm³/mol. The highest BCUT2D eigenvalue weighted by atomic mass is 32.1. The molecule has 0 spiro atoms. The van der Waals surface area contributed by atoms with Crippen LogP contribution >= 0.6 is 12.2 Å². The van der Waals surface area contributed by atoms with Gasteiger partial charge in [0.25, 0.3) is 0 Å². The number of nitrogens with one attached hydrogen (secondary N) is 1. The summed E-state index contributed by atoms with van der Waals surface area (Å²) in [4.78, 5) is 15.4. The first-order valence-electron chi connectivity index (χ1n) is 5.29. The van der Waals surface area contributed by atoms with E-state index >= 15 is 0 Å². The first-order chi connectivity index (χ1) is 8.15. The van der Waals surface area contributed by atoms with Crippen LogP contribution in [0.5, 0.6) is 0 Å². The van der Waals surface area contributed by atoms with E-state index in [-0.39, 0.29) is 11.0 Å². The Bertz CT molecular complexity index is 409. The van der Waals surface area contributed by atoms with Crippen LogP contribution in [-0.4, -0.2) is 29.1 Å². The summed E-state index contributed by atoms with van der Waals surface area (Å²) in [6.07, 6.45) is 1.91. The number of ether oxygens (including phenoxy) is 1. The summed E-state index contributed by atoms with van der Waals surface area (Å²) < 4.78 is 4.81. The summed E-state index contributed by atoms with van der Waals surface area (Å²) in [5, 5.41) is 3.05. The van der Waals surface area contributed by atoms with Gasteiger partial charge >= 0.3 is 5.97 Å². The van der Waals surface area contributed by atoms with Gasteiger partial charge in [-0.25, -0.2) is 0 Å². The highest BCUT2D eigenvalue weighted by Gasteiger charge is 2.06. The van der Waals surface area contributed by atoms with Crippen LogP contribution in [0, 0.1) is 0 Å². The molecule has 1 rings (SSSR count). The number of carbonyl (C=O) groups excluding carboxylic acids is 1. The van der Waals surface area contributed by atoms with Crippen LogP contribution in [0.25, 0.3) is 0 Å². The zero-order chi connectivity index (χ0) is 12.7. The second-order valence-corrected chi connectivity index (χ2v) is 3.69. The number of rotatable bonds is 6. The molecule has 0 unspecified atom stereocenters. The van der Waals surface area contributed by atoms with E-state index in [1.807, 2.05) is 6.07 Å². The summed E-state index contributed by atoms with van der Waals surface area (Å²) >= 11 is 4.88. The molecule has 1 aromatic rings. The molecule has 0 radical (unpaired) electrons. The standard InChI is InChI=1S/C11H15N3O2S/c1-2-16-9(15)5-7-13-8-4-3-6-14-10(8)11(12)17/h3-4,6,13H,2,5,7H2,1H3,(H2,12,17). The first-order valence-corrected chi connectivity index (χ1v) is 5.70. The molecule has 0 saturated heterocycles. The third-order valence-corrected chi connectivity index (χ3v) is 2.18. The van der Waals surface area contributed by atoms with Crippen LogP contribution < -0.4 is 11.1 Å². The van der Waals surface area contributed by atoms with E-state index in [1.54, 1.807) is 19.2 Å². The molecule has 0 atom stereocenters. The van der Waals surface area contributed by atoms with Gasteiger partial charge in [-0.05, 0) is 19.1 Å². The van der Waals surface area contributed by atoms with Gasteiger partial charge in [-0.2, -0.15) is 0 Å². The molecule has 92 valence electrons. The van der Waals surface area contributed by atoms with E-state index in [2.05, 4.69) is 10.3 Å². The average Bonchev–Trinajstić information content (AvgIpc) is 2.30. The Morgan fingerprint density at radius 3 is 3.06 bits per heavy atom. The number of aromatic nitrogens is 1. The zero-order valence-electron chi connectivity index (χ0n) is 9.60. The Balaban J connectivity index is 2.52. The average molecular weight is 253 g/mol. The van der Waals surface area contributed by atoms with Crippen LogP contribution in [0.2, 0.25) is 0 Å².